The summed E-state index contributed by atoms with van der Waals surface area (Å²) in [6.45, 7) is 7.40. The van der Waals surface area contributed by atoms with Crippen molar-refractivity contribution in [3.8, 4) is 0 Å². The Morgan fingerprint density at radius 1 is 1.03 bits per heavy atom. The number of esters is 2. The molecule has 1 N–H and O–H groups in total. The first-order valence-corrected chi connectivity index (χ1v) is 14.0. The predicted octanol–water partition coefficient (Wildman–Crippen LogP) is 1.64. The molecule has 1 heterocycles. The third-order valence-electron chi connectivity index (χ3n) is 11.7. The summed E-state index contributed by atoms with van der Waals surface area (Å²) in [5.41, 5.74) is -1.75. The number of aliphatic hydroxyl groups is 1. The highest BCUT2D eigenvalue weighted by atomic mass is 16.6. The van der Waals surface area contributed by atoms with Gasteiger partial charge in [0.1, 0.15) is 12.2 Å². The molecular formula is C28H43NO8. The number of rotatable bonds is 7. The normalized spacial score (nSPS) is 53.2. The highest BCUT2D eigenvalue weighted by Gasteiger charge is 2.87. The molecule has 1 spiro atoms. The second-order valence-electron chi connectivity index (χ2n) is 12.7. The van der Waals surface area contributed by atoms with Gasteiger partial charge in [-0.25, -0.2) is 0 Å². The Hall–Kier alpha value is -1.26. The first-order valence-electron chi connectivity index (χ1n) is 14.0. The van der Waals surface area contributed by atoms with Gasteiger partial charge < -0.3 is 28.8 Å². The Labute approximate surface area is 219 Å². The lowest BCUT2D eigenvalue weighted by Gasteiger charge is -2.68. The number of carbonyl (C=O) groups is 2. The molecule has 37 heavy (non-hydrogen) atoms. The van der Waals surface area contributed by atoms with E-state index < -0.39 is 17.1 Å². The Bertz CT molecular complexity index is 960. The van der Waals surface area contributed by atoms with E-state index >= 15 is 0 Å². The quantitative estimate of drug-likeness (QED) is 0.501. The van der Waals surface area contributed by atoms with Crippen molar-refractivity contribution in [3.63, 3.8) is 0 Å². The SMILES string of the molecule is CCN1C[C@]2(COC)CC[C@H](OC(C)=O)[C@@]34[C@@H]5C[C@H]6[C@H](OC(C)=O)[C@@H]5[C@](O)(C[C@@H]6OC)[C@@H]([C@H](OC)[C@H]23)[C@@H]14. The van der Waals surface area contributed by atoms with Crippen LogP contribution in [-0.4, -0.2) is 99.0 Å². The molecule has 1 saturated heterocycles. The monoisotopic (exact) mass is 521 g/mol. The van der Waals surface area contributed by atoms with E-state index in [-0.39, 0.29) is 71.3 Å². The van der Waals surface area contributed by atoms with E-state index in [4.69, 9.17) is 23.7 Å². The number of nitrogens with zero attached hydrogens (tertiary/aromatic N) is 1. The van der Waals surface area contributed by atoms with Crippen LogP contribution in [0.5, 0.6) is 0 Å². The van der Waals surface area contributed by atoms with Gasteiger partial charge in [0.15, 0.2) is 0 Å². The molecule has 9 nitrogen and oxygen atoms in total. The Kier molecular flexibility index (Phi) is 6.05. The molecule has 5 saturated carbocycles. The molecule has 13 atom stereocenters. The van der Waals surface area contributed by atoms with E-state index in [1.807, 2.05) is 0 Å². The van der Waals surface area contributed by atoms with Crippen molar-refractivity contribution in [3.05, 3.63) is 0 Å². The predicted molar refractivity (Wildman–Crippen MR) is 131 cm³/mol. The molecule has 0 aromatic rings. The minimum absolute atomic E-state index is 0.00590. The van der Waals surface area contributed by atoms with Crippen LogP contribution in [0.4, 0.5) is 0 Å². The van der Waals surface area contributed by atoms with Gasteiger partial charge in [-0.15, -0.1) is 0 Å². The first-order chi connectivity index (χ1) is 17.6. The maximum atomic E-state index is 12.9. The minimum atomic E-state index is -1.14. The Morgan fingerprint density at radius 3 is 2.35 bits per heavy atom. The maximum absolute atomic E-state index is 12.9. The Balaban J connectivity index is 1.62. The zero-order valence-electron chi connectivity index (χ0n) is 23.0. The second kappa shape index (κ2) is 8.62. The molecule has 208 valence electrons. The van der Waals surface area contributed by atoms with Gasteiger partial charge in [0.25, 0.3) is 0 Å². The fourth-order valence-electron chi connectivity index (χ4n) is 11.3. The standard InChI is InChI=1S/C28H43NO8/c1-7-29-12-26(13-33-4)9-8-19(36-14(2)30)28-17-10-16-18(34-5)11-27(32,20(17)22(16)37-15(3)31)21(25(28)29)23(35-6)24(26)28/h16-25,32H,7-13H2,1-6H3/t16-,17-,18+,19+,20-,21+,22+,23+,24-,25-,26+,27-,28+/m1/s1. The van der Waals surface area contributed by atoms with Crippen molar-refractivity contribution in [2.75, 3.05) is 41.0 Å². The number of piperidine rings is 1. The molecule has 0 unspecified atom stereocenters. The van der Waals surface area contributed by atoms with Gasteiger partial charge in [0.2, 0.25) is 0 Å². The molecule has 6 aliphatic rings. The summed E-state index contributed by atoms with van der Waals surface area (Å²) in [7, 11) is 5.21. The molecule has 0 amide bonds. The largest absolute Gasteiger partial charge is 0.462 e. The number of methoxy groups -OCH3 is 3. The summed E-state index contributed by atoms with van der Waals surface area (Å²) in [5, 5.41) is 12.9. The highest BCUT2D eigenvalue weighted by Crippen LogP contribution is 2.79. The molecule has 0 aromatic heterocycles. The van der Waals surface area contributed by atoms with Crippen LogP contribution in [0.25, 0.3) is 0 Å². The fraction of sp³-hybridized carbons (Fsp3) is 0.929. The number of carbonyl (C=O) groups excluding carboxylic acids is 2. The van der Waals surface area contributed by atoms with Gasteiger partial charge in [0, 0.05) is 88.7 Å². The summed E-state index contributed by atoms with van der Waals surface area (Å²) >= 11 is 0. The van der Waals surface area contributed by atoms with Gasteiger partial charge >= 0.3 is 11.9 Å². The smallest absolute Gasteiger partial charge is 0.302 e. The van der Waals surface area contributed by atoms with Gasteiger partial charge in [-0.1, -0.05) is 6.92 Å². The van der Waals surface area contributed by atoms with E-state index in [0.717, 1.165) is 32.4 Å². The van der Waals surface area contributed by atoms with Gasteiger partial charge in [0.05, 0.1) is 24.4 Å². The minimum Gasteiger partial charge on any atom is -0.462 e. The molecule has 6 fully saturated rings. The number of likely N-dealkylation sites (tertiary alicyclic amines) is 1. The van der Waals surface area contributed by atoms with Crippen LogP contribution < -0.4 is 0 Å². The second-order valence-corrected chi connectivity index (χ2v) is 12.7. The maximum Gasteiger partial charge on any atom is 0.302 e. The van der Waals surface area contributed by atoms with Crippen LogP contribution in [0, 0.1) is 40.4 Å². The van der Waals surface area contributed by atoms with Gasteiger partial charge in [-0.3, -0.25) is 14.5 Å². The van der Waals surface area contributed by atoms with E-state index in [1.165, 1.54) is 13.8 Å². The summed E-state index contributed by atoms with van der Waals surface area (Å²) in [4.78, 5) is 27.4. The van der Waals surface area contributed by atoms with E-state index in [1.54, 1.807) is 21.3 Å². The lowest BCUT2D eigenvalue weighted by atomic mass is 9.43. The molecular weight excluding hydrogens is 478 g/mol. The molecule has 5 aliphatic carbocycles. The summed E-state index contributed by atoms with van der Waals surface area (Å²) in [6, 6.07) is -0.0133. The van der Waals surface area contributed by atoms with Gasteiger partial charge in [-0.05, 0) is 31.7 Å². The van der Waals surface area contributed by atoms with Crippen LogP contribution >= 0.6 is 0 Å². The van der Waals surface area contributed by atoms with Crippen molar-refractivity contribution < 1.29 is 38.4 Å². The third-order valence-corrected chi connectivity index (χ3v) is 11.7. The van der Waals surface area contributed by atoms with Crippen LogP contribution in [0.3, 0.4) is 0 Å². The molecule has 0 radical (unpaired) electrons. The lowest BCUT2D eigenvalue weighted by molar-refractivity contribution is -0.276. The molecule has 0 aromatic carbocycles. The van der Waals surface area contributed by atoms with Crippen LogP contribution in [0.15, 0.2) is 0 Å². The molecule has 1 aliphatic heterocycles. The average molecular weight is 522 g/mol. The molecule has 6 rings (SSSR count). The Morgan fingerprint density at radius 2 is 1.76 bits per heavy atom. The molecule has 7 bridgehead atoms. The van der Waals surface area contributed by atoms with E-state index in [2.05, 4.69) is 11.8 Å². The number of hydrogen-bond acceptors (Lipinski definition) is 9. The first kappa shape index (κ1) is 26.0. The zero-order chi connectivity index (χ0) is 26.5. The van der Waals surface area contributed by atoms with Crippen molar-refractivity contribution in [2.45, 2.75) is 82.5 Å². The van der Waals surface area contributed by atoms with E-state index in [0.29, 0.717) is 13.0 Å². The van der Waals surface area contributed by atoms with Crippen LogP contribution in [-0.2, 0) is 33.3 Å². The number of ether oxygens (including phenoxy) is 5. The van der Waals surface area contributed by atoms with E-state index in [9.17, 15) is 14.7 Å². The van der Waals surface area contributed by atoms with Crippen molar-refractivity contribution in [1.29, 1.82) is 0 Å². The third kappa shape index (κ3) is 3.04. The van der Waals surface area contributed by atoms with Crippen LogP contribution in [0.1, 0.15) is 46.5 Å². The topological polar surface area (TPSA) is 104 Å². The van der Waals surface area contributed by atoms with Gasteiger partial charge in [-0.2, -0.15) is 0 Å². The lowest BCUT2D eigenvalue weighted by Crippen LogP contribution is -2.76. The highest BCUT2D eigenvalue weighted by molar-refractivity contribution is 5.67. The summed E-state index contributed by atoms with van der Waals surface area (Å²) < 4.78 is 30.6. The summed E-state index contributed by atoms with van der Waals surface area (Å²) in [5.74, 6) is -1.06. The summed E-state index contributed by atoms with van der Waals surface area (Å²) in [6.07, 6.45) is 1.69. The van der Waals surface area contributed by atoms with Crippen molar-refractivity contribution in [2.24, 2.45) is 40.4 Å². The zero-order valence-corrected chi connectivity index (χ0v) is 23.0. The number of fused-ring (bicyclic) bond motifs is 2. The van der Waals surface area contributed by atoms with Crippen molar-refractivity contribution >= 4 is 11.9 Å². The van der Waals surface area contributed by atoms with Crippen molar-refractivity contribution in [1.82, 2.24) is 4.90 Å². The van der Waals surface area contributed by atoms with Crippen LogP contribution in [0.2, 0.25) is 0 Å². The molecule has 9 heteroatoms. The average Bonchev–Trinajstić information content (AvgIpc) is 3.27. The number of hydrogen-bond donors (Lipinski definition) is 1. The fourth-order valence-corrected chi connectivity index (χ4v) is 11.3.